The van der Waals surface area contributed by atoms with Crippen LogP contribution in [-0.4, -0.2) is 34.0 Å². The molecule has 3 aromatic rings. The van der Waals surface area contributed by atoms with Gasteiger partial charge in [0, 0.05) is 41.5 Å². The van der Waals surface area contributed by atoms with E-state index in [1.54, 1.807) is 0 Å². The molecule has 1 aliphatic heterocycles. The molecule has 1 N–H and O–H groups in total. The summed E-state index contributed by atoms with van der Waals surface area (Å²) in [5.41, 5.74) is 3.97. The van der Waals surface area contributed by atoms with Crippen LogP contribution in [0.3, 0.4) is 0 Å². The van der Waals surface area contributed by atoms with Gasteiger partial charge in [0.2, 0.25) is 0 Å². The van der Waals surface area contributed by atoms with Crippen molar-refractivity contribution in [2.75, 3.05) is 13.1 Å². The highest BCUT2D eigenvalue weighted by atomic mass is 35.5. The number of halogens is 1. The maximum absolute atomic E-state index is 9.50. The van der Waals surface area contributed by atoms with Crippen LogP contribution in [0.1, 0.15) is 29.9 Å². The van der Waals surface area contributed by atoms with Gasteiger partial charge in [-0.1, -0.05) is 47.1 Å². The van der Waals surface area contributed by atoms with Gasteiger partial charge in [-0.3, -0.25) is 4.98 Å². The molecule has 1 aliphatic carbocycles. The van der Waals surface area contributed by atoms with E-state index in [1.807, 2.05) is 36.5 Å². The number of oxime groups is 1. The molecular formula is C23H22ClN3O. The smallest absolute Gasteiger partial charge is 0.148 e. The Bertz CT molecular complexity index is 1030. The van der Waals surface area contributed by atoms with E-state index in [2.05, 4.69) is 39.3 Å². The third-order valence-corrected chi connectivity index (χ3v) is 6.54. The number of likely N-dealkylation sites (tertiary alicyclic amines) is 1. The number of pyridine rings is 1. The Hall–Kier alpha value is -2.59. The lowest BCUT2D eigenvalue weighted by atomic mass is 9.56. The van der Waals surface area contributed by atoms with Crippen LogP contribution >= 0.6 is 11.6 Å². The predicted molar refractivity (Wildman–Crippen MR) is 112 cm³/mol. The number of aromatic nitrogens is 1. The van der Waals surface area contributed by atoms with E-state index < -0.39 is 0 Å². The number of para-hydroxylation sites is 1. The van der Waals surface area contributed by atoms with Crippen LogP contribution < -0.4 is 0 Å². The average molecular weight is 392 g/mol. The van der Waals surface area contributed by atoms with Crippen molar-refractivity contribution in [3.8, 4) is 0 Å². The van der Waals surface area contributed by atoms with Crippen LogP contribution in [0, 0.1) is 5.41 Å². The molecule has 2 fully saturated rings. The molecule has 1 aromatic heterocycles. The summed E-state index contributed by atoms with van der Waals surface area (Å²) in [6.45, 7) is 1.94. The number of amidine groups is 1. The molecule has 0 radical (unpaired) electrons. The van der Waals surface area contributed by atoms with Crippen molar-refractivity contribution >= 4 is 28.3 Å². The molecular weight excluding hydrogens is 370 g/mol. The first kappa shape index (κ1) is 17.5. The van der Waals surface area contributed by atoms with Crippen molar-refractivity contribution in [1.29, 1.82) is 0 Å². The van der Waals surface area contributed by atoms with Gasteiger partial charge in [-0.25, -0.2) is 0 Å². The summed E-state index contributed by atoms with van der Waals surface area (Å²) in [4.78, 5) is 6.69. The second-order valence-electron chi connectivity index (χ2n) is 8.20. The molecule has 1 saturated carbocycles. The van der Waals surface area contributed by atoms with E-state index in [4.69, 9.17) is 11.6 Å². The molecule has 2 aliphatic rings. The molecule has 5 heteroatoms. The van der Waals surface area contributed by atoms with Crippen LogP contribution in [-0.2, 0) is 6.42 Å². The van der Waals surface area contributed by atoms with Crippen LogP contribution in [0.2, 0.25) is 5.02 Å². The van der Waals surface area contributed by atoms with Gasteiger partial charge in [-0.15, -0.1) is 0 Å². The van der Waals surface area contributed by atoms with Gasteiger partial charge in [0.15, 0.2) is 0 Å². The van der Waals surface area contributed by atoms with Gasteiger partial charge in [0.25, 0.3) is 0 Å². The second kappa shape index (κ2) is 6.78. The number of benzene rings is 2. The molecule has 5 rings (SSSR count). The van der Waals surface area contributed by atoms with E-state index in [0.717, 1.165) is 35.0 Å². The Balaban J connectivity index is 1.23. The zero-order valence-electron chi connectivity index (χ0n) is 15.6. The first-order valence-electron chi connectivity index (χ1n) is 9.70. The van der Waals surface area contributed by atoms with Gasteiger partial charge < -0.3 is 10.1 Å². The first-order valence-corrected chi connectivity index (χ1v) is 10.1. The molecule has 1 saturated heterocycles. The standard InChI is InChI=1S/C23H22ClN3O/c24-18-7-5-16(6-8-18)11-22(26-28)27-14-23(15-27)12-17(13-23)19-9-10-25-21-4-2-1-3-20(19)21/h1-10,17,28H,11-15H2/b26-22-. The SMILES string of the molecule is O/N=C(/Cc1ccc(Cl)cc1)N1CC2(CC(c3ccnc4ccccc34)C2)C1. The number of fused-ring (bicyclic) bond motifs is 1. The van der Waals surface area contributed by atoms with Crippen molar-refractivity contribution < 1.29 is 5.21 Å². The van der Waals surface area contributed by atoms with Crippen molar-refractivity contribution in [2.24, 2.45) is 10.6 Å². The van der Waals surface area contributed by atoms with Crippen molar-refractivity contribution in [1.82, 2.24) is 9.88 Å². The number of rotatable bonds is 3. The van der Waals surface area contributed by atoms with Gasteiger partial charge in [0.05, 0.1) is 5.52 Å². The molecule has 2 heterocycles. The maximum Gasteiger partial charge on any atom is 0.148 e. The number of nitrogens with zero attached hydrogens (tertiary/aromatic N) is 3. The monoisotopic (exact) mass is 391 g/mol. The molecule has 142 valence electrons. The zero-order valence-corrected chi connectivity index (χ0v) is 16.3. The molecule has 28 heavy (non-hydrogen) atoms. The third kappa shape index (κ3) is 3.02. The topological polar surface area (TPSA) is 48.7 Å². The molecule has 0 unspecified atom stereocenters. The van der Waals surface area contributed by atoms with Gasteiger partial charge in [-0.2, -0.15) is 0 Å². The Kier molecular flexibility index (Phi) is 4.24. The quantitative estimate of drug-likeness (QED) is 0.292. The lowest BCUT2D eigenvalue weighted by Crippen LogP contribution is -2.63. The number of hydrogen-bond acceptors (Lipinski definition) is 3. The Labute approximate surface area is 169 Å². The molecule has 0 bridgehead atoms. The van der Waals surface area contributed by atoms with Gasteiger partial charge >= 0.3 is 0 Å². The maximum atomic E-state index is 9.50. The van der Waals surface area contributed by atoms with E-state index in [0.29, 0.717) is 17.8 Å². The summed E-state index contributed by atoms with van der Waals surface area (Å²) in [5.74, 6) is 1.34. The van der Waals surface area contributed by atoms with Crippen LogP contribution in [0.15, 0.2) is 65.9 Å². The molecule has 1 spiro atoms. The fourth-order valence-electron chi connectivity index (χ4n) is 4.88. The van der Waals surface area contributed by atoms with Crippen LogP contribution in [0.5, 0.6) is 0 Å². The third-order valence-electron chi connectivity index (χ3n) is 6.29. The van der Waals surface area contributed by atoms with E-state index in [-0.39, 0.29) is 0 Å². The van der Waals surface area contributed by atoms with Crippen molar-refractivity contribution in [2.45, 2.75) is 25.2 Å². The Morgan fingerprint density at radius 2 is 1.86 bits per heavy atom. The van der Waals surface area contributed by atoms with Crippen molar-refractivity contribution in [3.63, 3.8) is 0 Å². The lowest BCUT2D eigenvalue weighted by Gasteiger charge is -2.60. The Morgan fingerprint density at radius 3 is 2.61 bits per heavy atom. The van der Waals surface area contributed by atoms with E-state index in [9.17, 15) is 5.21 Å². The van der Waals surface area contributed by atoms with E-state index >= 15 is 0 Å². The average Bonchev–Trinajstić information content (AvgIpc) is 2.66. The number of hydrogen-bond donors (Lipinski definition) is 1. The summed E-state index contributed by atoms with van der Waals surface area (Å²) in [6, 6.07) is 18.3. The summed E-state index contributed by atoms with van der Waals surface area (Å²) >= 11 is 5.95. The van der Waals surface area contributed by atoms with Crippen LogP contribution in [0.25, 0.3) is 10.9 Å². The zero-order chi connectivity index (χ0) is 19.1. The summed E-state index contributed by atoms with van der Waals surface area (Å²) in [5, 5.41) is 15.1. The van der Waals surface area contributed by atoms with E-state index in [1.165, 1.54) is 23.8 Å². The highest BCUT2D eigenvalue weighted by molar-refractivity contribution is 6.30. The van der Waals surface area contributed by atoms with Gasteiger partial charge in [-0.05, 0) is 54.2 Å². The minimum Gasteiger partial charge on any atom is -0.409 e. The van der Waals surface area contributed by atoms with Crippen molar-refractivity contribution in [3.05, 3.63) is 76.9 Å². The van der Waals surface area contributed by atoms with Crippen LogP contribution in [0.4, 0.5) is 0 Å². The minimum absolute atomic E-state index is 0.366. The molecule has 4 nitrogen and oxygen atoms in total. The summed E-state index contributed by atoms with van der Waals surface area (Å²) in [7, 11) is 0. The fraction of sp³-hybridized carbons (Fsp3) is 0.304. The highest BCUT2D eigenvalue weighted by Gasteiger charge is 2.53. The fourth-order valence-corrected chi connectivity index (χ4v) is 5.00. The summed E-state index contributed by atoms with van der Waals surface area (Å²) < 4.78 is 0. The molecule has 2 aromatic carbocycles. The molecule has 0 atom stereocenters. The largest absolute Gasteiger partial charge is 0.409 e. The summed E-state index contributed by atoms with van der Waals surface area (Å²) in [6.07, 6.45) is 4.94. The first-order chi connectivity index (χ1) is 13.7. The minimum atomic E-state index is 0.366. The molecule has 0 amide bonds. The van der Waals surface area contributed by atoms with Gasteiger partial charge in [0.1, 0.15) is 5.84 Å². The second-order valence-corrected chi connectivity index (χ2v) is 8.63. The highest BCUT2D eigenvalue weighted by Crippen LogP contribution is 2.56. The lowest BCUT2D eigenvalue weighted by molar-refractivity contribution is -0.0357. The normalized spacial score (nSPS) is 18.9. The predicted octanol–water partition coefficient (Wildman–Crippen LogP) is 5.10. The Morgan fingerprint density at radius 1 is 1.11 bits per heavy atom.